The number of carbonyl (C=O) groups excluding carboxylic acids is 2. The van der Waals surface area contributed by atoms with Gasteiger partial charge in [-0.05, 0) is 38.5 Å². The molecule has 0 fully saturated rings. The normalized spacial score (nSPS) is 11.8. The van der Waals surface area contributed by atoms with Gasteiger partial charge in [-0.25, -0.2) is 4.79 Å². The van der Waals surface area contributed by atoms with Crippen molar-refractivity contribution in [1.29, 1.82) is 0 Å². The summed E-state index contributed by atoms with van der Waals surface area (Å²) < 4.78 is 10.6. The quantitative estimate of drug-likeness (QED) is 0.688. The van der Waals surface area contributed by atoms with Crippen molar-refractivity contribution in [3.63, 3.8) is 0 Å². The molecule has 2 aromatic carbocycles. The van der Waals surface area contributed by atoms with Crippen molar-refractivity contribution in [3.05, 3.63) is 81.2 Å². The molecule has 1 amide bonds. The number of benzene rings is 2. The fraction of sp³-hybridized carbons (Fsp3) is 0.227. The lowest BCUT2D eigenvalue weighted by Crippen LogP contribution is -2.35. The monoisotopic (exact) mass is 379 g/mol. The van der Waals surface area contributed by atoms with Crippen molar-refractivity contribution in [2.45, 2.75) is 33.4 Å². The zero-order chi connectivity index (χ0) is 20.3. The van der Waals surface area contributed by atoms with Crippen molar-refractivity contribution >= 4 is 22.8 Å². The summed E-state index contributed by atoms with van der Waals surface area (Å²) in [6.45, 7) is 5.63. The Morgan fingerprint density at radius 3 is 2.43 bits per heavy atom. The van der Waals surface area contributed by atoms with E-state index in [2.05, 4.69) is 5.32 Å². The van der Waals surface area contributed by atoms with Crippen LogP contribution in [0.2, 0.25) is 0 Å². The molecule has 3 rings (SSSR count). The first-order valence-corrected chi connectivity index (χ1v) is 8.92. The van der Waals surface area contributed by atoms with Gasteiger partial charge >= 0.3 is 5.97 Å². The third-order valence-corrected chi connectivity index (χ3v) is 4.32. The molecule has 0 bridgehead atoms. The summed E-state index contributed by atoms with van der Waals surface area (Å²) in [5.41, 5.74) is 2.93. The van der Waals surface area contributed by atoms with Gasteiger partial charge < -0.3 is 14.5 Å². The van der Waals surface area contributed by atoms with Gasteiger partial charge in [0.1, 0.15) is 5.58 Å². The maximum absolute atomic E-state index is 12.3. The Morgan fingerprint density at radius 1 is 1.04 bits per heavy atom. The lowest BCUT2D eigenvalue weighted by Gasteiger charge is -2.13. The number of carbonyl (C=O) groups is 2. The Kier molecular flexibility index (Phi) is 5.59. The van der Waals surface area contributed by atoms with E-state index in [1.54, 1.807) is 18.2 Å². The Morgan fingerprint density at radius 2 is 1.71 bits per heavy atom. The van der Waals surface area contributed by atoms with E-state index < -0.39 is 18.0 Å². The average Bonchev–Trinajstić information content (AvgIpc) is 2.67. The molecular formula is C22H21NO5. The summed E-state index contributed by atoms with van der Waals surface area (Å²) in [4.78, 5) is 36.7. The summed E-state index contributed by atoms with van der Waals surface area (Å²) >= 11 is 0. The van der Waals surface area contributed by atoms with Crippen molar-refractivity contribution in [1.82, 2.24) is 5.32 Å². The topological polar surface area (TPSA) is 85.6 Å². The summed E-state index contributed by atoms with van der Waals surface area (Å²) in [6, 6.07) is 13.9. The van der Waals surface area contributed by atoms with E-state index in [0.29, 0.717) is 17.5 Å². The molecule has 0 spiro atoms. The van der Waals surface area contributed by atoms with E-state index in [4.69, 9.17) is 9.15 Å². The number of amides is 1. The van der Waals surface area contributed by atoms with Crippen molar-refractivity contribution in [2.24, 2.45) is 0 Å². The molecule has 3 aromatic rings. The molecule has 0 aliphatic heterocycles. The number of fused-ring (bicyclic) bond motifs is 1. The van der Waals surface area contributed by atoms with Gasteiger partial charge in [0, 0.05) is 12.6 Å². The van der Waals surface area contributed by atoms with Crippen LogP contribution in [0.3, 0.4) is 0 Å². The maximum atomic E-state index is 12.3. The molecule has 1 atom stereocenters. The van der Waals surface area contributed by atoms with E-state index in [-0.39, 0.29) is 11.2 Å². The number of hydrogen-bond acceptors (Lipinski definition) is 5. The van der Waals surface area contributed by atoms with Crippen molar-refractivity contribution < 1.29 is 18.7 Å². The molecule has 0 aliphatic carbocycles. The third kappa shape index (κ3) is 4.46. The van der Waals surface area contributed by atoms with Crippen LogP contribution in [-0.4, -0.2) is 18.0 Å². The number of aryl methyl sites for hydroxylation is 2. The molecule has 1 heterocycles. The summed E-state index contributed by atoms with van der Waals surface area (Å²) in [5, 5.41) is 3.10. The van der Waals surface area contributed by atoms with Gasteiger partial charge in [-0.3, -0.25) is 9.59 Å². The van der Waals surface area contributed by atoms with Crippen molar-refractivity contribution in [3.8, 4) is 0 Å². The second kappa shape index (κ2) is 8.08. The third-order valence-electron chi connectivity index (χ3n) is 4.32. The highest BCUT2D eigenvalue weighted by Crippen LogP contribution is 2.15. The standard InChI is InChI=1S/C22H21NO5/c1-13-4-7-16(8-5-13)12-23-21(25)15(3)27-22(26)20-11-18(24)17-10-14(2)6-9-19(17)28-20/h4-11,15H,12H2,1-3H3,(H,23,25)/t15-/m1/s1. The van der Waals surface area contributed by atoms with Crippen LogP contribution in [0, 0.1) is 13.8 Å². The molecule has 144 valence electrons. The molecule has 28 heavy (non-hydrogen) atoms. The van der Waals surface area contributed by atoms with E-state index in [1.807, 2.05) is 38.1 Å². The Bertz CT molecular complexity index is 1080. The first-order valence-electron chi connectivity index (χ1n) is 8.92. The van der Waals surface area contributed by atoms with Crippen LogP contribution in [0.15, 0.2) is 57.7 Å². The van der Waals surface area contributed by atoms with Crippen LogP contribution < -0.4 is 10.7 Å². The van der Waals surface area contributed by atoms with E-state index in [1.165, 1.54) is 6.92 Å². The van der Waals surface area contributed by atoms with Gasteiger partial charge in [0.25, 0.3) is 5.91 Å². The molecule has 0 aliphatic rings. The van der Waals surface area contributed by atoms with Crippen LogP contribution in [0.25, 0.3) is 11.0 Å². The second-order valence-electron chi connectivity index (χ2n) is 6.73. The highest BCUT2D eigenvalue weighted by molar-refractivity contribution is 5.91. The van der Waals surface area contributed by atoms with E-state index in [0.717, 1.165) is 22.8 Å². The van der Waals surface area contributed by atoms with Gasteiger partial charge in [-0.15, -0.1) is 0 Å². The summed E-state index contributed by atoms with van der Waals surface area (Å²) in [7, 11) is 0. The number of nitrogens with one attached hydrogen (secondary N) is 1. The average molecular weight is 379 g/mol. The zero-order valence-corrected chi connectivity index (χ0v) is 15.9. The minimum Gasteiger partial charge on any atom is -0.449 e. The molecule has 6 nitrogen and oxygen atoms in total. The minimum atomic E-state index is -1.03. The highest BCUT2D eigenvalue weighted by Gasteiger charge is 2.21. The van der Waals surface area contributed by atoms with E-state index in [9.17, 15) is 14.4 Å². The smallest absolute Gasteiger partial charge is 0.375 e. The molecule has 1 aromatic heterocycles. The molecule has 6 heteroatoms. The van der Waals surface area contributed by atoms with Crippen LogP contribution in [0.4, 0.5) is 0 Å². The van der Waals surface area contributed by atoms with E-state index >= 15 is 0 Å². The predicted octanol–water partition coefficient (Wildman–Crippen LogP) is 3.27. The van der Waals surface area contributed by atoms with Crippen molar-refractivity contribution in [2.75, 3.05) is 0 Å². The number of esters is 1. The van der Waals surface area contributed by atoms with Gasteiger partial charge in [-0.2, -0.15) is 0 Å². The van der Waals surface area contributed by atoms with Crippen LogP contribution >= 0.6 is 0 Å². The summed E-state index contributed by atoms with van der Waals surface area (Å²) in [6.07, 6.45) is -1.03. The van der Waals surface area contributed by atoms with Crippen LogP contribution in [0.5, 0.6) is 0 Å². The van der Waals surface area contributed by atoms with Crippen LogP contribution in [0.1, 0.15) is 34.2 Å². The van der Waals surface area contributed by atoms with Gasteiger partial charge in [0.15, 0.2) is 11.5 Å². The zero-order valence-electron chi connectivity index (χ0n) is 15.9. The number of ether oxygens (including phenoxy) is 1. The lowest BCUT2D eigenvalue weighted by atomic mass is 10.1. The largest absolute Gasteiger partial charge is 0.449 e. The lowest BCUT2D eigenvalue weighted by molar-refractivity contribution is -0.129. The van der Waals surface area contributed by atoms with Gasteiger partial charge in [0.05, 0.1) is 5.39 Å². The van der Waals surface area contributed by atoms with Gasteiger partial charge in [0.2, 0.25) is 5.76 Å². The molecular weight excluding hydrogens is 358 g/mol. The fourth-order valence-electron chi connectivity index (χ4n) is 2.68. The minimum absolute atomic E-state index is 0.237. The second-order valence-corrected chi connectivity index (χ2v) is 6.73. The Balaban J connectivity index is 1.65. The maximum Gasteiger partial charge on any atom is 0.375 e. The molecule has 0 radical (unpaired) electrons. The molecule has 0 unspecified atom stereocenters. The number of rotatable bonds is 5. The molecule has 0 saturated carbocycles. The number of hydrogen-bond donors (Lipinski definition) is 1. The fourth-order valence-corrected chi connectivity index (χ4v) is 2.68. The Labute approximate surface area is 162 Å². The first kappa shape index (κ1) is 19.4. The first-order chi connectivity index (χ1) is 13.3. The van der Waals surface area contributed by atoms with Crippen LogP contribution in [-0.2, 0) is 16.1 Å². The predicted molar refractivity (Wildman–Crippen MR) is 105 cm³/mol. The highest BCUT2D eigenvalue weighted by atomic mass is 16.6. The Hall–Kier alpha value is -3.41. The van der Waals surface area contributed by atoms with Gasteiger partial charge in [-0.1, -0.05) is 41.5 Å². The molecule has 0 saturated heterocycles. The molecule has 1 N–H and O–H groups in total. The summed E-state index contributed by atoms with van der Waals surface area (Å²) in [5.74, 6) is -1.54. The SMILES string of the molecule is Cc1ccc(CNC(=O)[C@@H](C)OC(=O)c2cc(=O)c3cc(C)ccc3o2)cc1.